The van der Waals surface area contributed by atoms with E-state index in [0.717, 1.165) is 26.5 Å². The largest absolute Gasteiger partial charge is 0.309 e. The molecule has 0 atom stereocenters. The maximum atomic E-state index is 16.6. The van der Waals surface area contributed by atoms with E-state index in [-0.39, 0.29) is 0 Å². The molecular formula is C42H33OP3. The van der Waals surface area contributed by atoms with Gasteiger partial charge in [0.1, 0.15) is 0 Å². The Labute approximate surface area is 274 Å². The Balaban J connectivity index is 1.53. The summed E-state index contributed by atoms with van der Waals surface area (Å²) in [4.78, 5) is 0. The third-order valence-electron chi connectivity index (χ3n) is 8.10. The third-order valence-corrected chi connectivity index (χ3v) is 16.6. The highest BCUT2D eigenvalue weighted by Gasteiger charge is 2.37. The molecule has 7 aromatic rings. The van der Waals surface area contributed by atoms with Crippen molar-refractivity contribution in [1.29, 1.82) is 0 Å². The van der Waals surface area contributed by atoms with Gasteiger partial charge in [0, 0.05) is 15.9 Å². The first-order chi connectivity index (χ1) is 22.7. The summed E-state index contributed by atoms with van der Waals surface area (Å²) in [5, 5.41) is 9.86. The second-order valence-electron chi connectivity index (χ2n) is 10.9. The molecule has 0 unspecified atom stereocenters. The Hall–Kier alpha value is -4.37. The number of hydrogen-bond donors (Lipinski definition) is 0. The van der Waals surface area contributed by atoms with Gasteiger partial charge in [-0.15, -0.1) is 0 Å². The molecule has 0 aliphatic heterocycles. The lowest BCUT2D eigenvalue weighted by Gasteiger charge is -2.30. The highest BCUT2D eigenvalue weighted by molar-refractivity contribution is 7.91. The van der Waals surface area contributed by atoms with E-state index in [1.807, 2.05) is 18.2 Å². The second-order valence-corrected chi connectivity index (χ2v) is 18.0. The summed E-state index contributed by atoms with van der Waals surface area (Å²) in [5.41, 5.74) is 0. The van der Waals surface area contributed by atoms with Crippen LogP contribution in [0.3, 0.4) is 0 Å². The van der Waals surface area contributed by atoms with Crippen molar-refractivity contribution >= 4 is 70.7 Å². The maximum absolute atomic E-state index is 16.6. The Morgan fingerprint density at radius 3 is 0.891 bits per heavy atom. The van der Waals surface area contributed by atoms with Gasteiger partial charge >= 0.3 is 0 Å². The van der Waals surface area contributed by atoms with E-state index in [1.165, 1.54) is 21.2 Å². The molecule has 0 bridgehead atoms. The van der Waals surface area contributed by atoms with Gasteiger partial charge in [-0.05, 0) is 47.7 Å². The van der Waals surface area contributed by atoms with E-state index < -0.39 is 23.0 Å². The lowest BCUT2D eigenvalue weighted by atomic mass is 10.3. The Bertz CT molecular complexity index is 1860. The Morgan fingerprint density at radius 2 is 0.565 bits per heavy atom. The van der Waals surface area contributed by atoms with Crippen molar-refractivity contribution in [1.82, 2.24) is 0 Å². The normalized spacial score (nSPS) is 11.5. The molecule has 222 valence electrons. The fraction of sp³-hybridized carbons (Fsp3) is 0. The highest BCUT2D eigenvalue weighted by Crippen LogP contribution is 2.47. The molecular weight excluding hydrogens is 613 g/mol. The molecule has 0 heterocycles. The molecule has 1 nitrogen and oxygen atoms in total. The summed E-state index contributed by atoms with van der Waals surface area (Å²) in [6, 6.07) is 69.9. The van der Waals surface area contributed by atoms with Gasteiger partial charge in [-0.1, -0.05) is 200 Å². The van der Waals surface area contributed by atoms with Crippen molar-refractivity contribution in [2.24, 2.45) is 0 Å². The predicted octanol–water partition coefficient (Wildman–Crippen LogP) is 6.84. The van der Waals surface area contributed by atoms with Crippen LogP contribution in [0.1, 0.15) is 0 Å². The lowest BCUT2D eigenvalue weighted by Crippen LogP contribution is -2.41. The minimum Gasteiger partial charge on any atom is -0.309 e. The third kappa shape index (κ3) is 5.96. The second kappa shape index (κ2) is 14.0. The molecule has 4 heteroatoms. The van der Waals surface area contributed by atoms with Gasteiger partial charge in [0.05, 0.1) is 0 Å². The van der Waals surface area contributed by atoms with Crippen LogP contribution in [0.25, 0.3) is 0 Å². The minimum atomic E-state index is -3.41. The summed E-state index contributed by atoms with van der Waals surface area (Å²) < 4.78 is 16.6. The van der Waals surface area contributed by atoms with Crippen LogP contribution in [-0.4, -0.2) is 0 Å². The van der Waals surface area contributed by atoms with Gasteiger partial charge in [0.25, 0.3) is 0 Å². The van der Waals surface area contributed by atoms with Crippen molar-refractivity contribution in [2.75, 3.05) is 0 Å². The molecule has 0 aliphatic rings. The van der Waals surface area contributed by atoms with Crippen molar-refractivity contribution in [3.63, 3.8) is 0 Å². The first-order valence-electron chi connectivity index (χ1n) is 15.4. The van der Waals surface area contributed by atoms with Gasteiger partial charge < -0.3 is 4.57 Å². The van der Waals surface area contributed by atoms with Crippen LogP contribution in [0.15, 0.2) is 200 Å². The SMILES string of the molecule is O=P(c1ccccc1)(c1ccccc1P(c1ccccc1)c1ccccc1)c1ccccc1P(c1ccccc1)c1ccccc1. The Morgan fingerprint density at radius 1 is 0.304 bits per heavy atom. The van der Waals surface area contributed by atoms with Crippen molar-refractivity contribution in [2.45, 2.75) is 0 Å². The standard InChI is InChI=1S/C42H33OP3/c43-46(38-28-14-5-15-29-38,41-32-18-16-30-39(41)44(34-20-6-1-7-21-34)35-22-8-2-9-23-35)42-33-19-17-31-40(42)45(36-24-10-3-11-25-36)37-26-12-4-13-27-37/h1-33H. The molecule has 0 N–H and O–H groups in total. The molecule has 0 saturated carbocycles. The molecule has 7 aromatic carbocycles. The van der Waals surface area contributed by atoms with E-state index in [1.54, 1.807) is 0 Å². The number of hydrogen-bond acceptors (Lipinski definition) is 1. The topological polar surface area (TPSA) is 17.1 Å². The molecule has 0 fully saturated rings. The molecule has 0 spiro atoms. The summed E-state index contributed by atoms with van der Waals surface area (Å²) in [6.45, 7) is 0. The summed E-state index contributed by atoms with van der Waals surface area (Å²) in [6.07, 6.45) is 0. The maximum Gasteiger partial charge on any atom is 0.172 e. The summed E-state index contributed by atoms with van der Waals surface area (Å²) >= 11 is 0. The van der Waals surface area contributed by atoms with Crippen LogP contribution >= 0.6 is 23.0 Å². The zero-order valence-corrected chi connectivity index (χ0v) is 28.0. The Kier molecular flexibility index (Phi) is 9.19. The molecule has 0 saturated heterocycles. The average Bonchev–Trinajstić information content (AvgIpc) is 3.14. The molecule has 0 aromatic heterocycles. The first-order valence-corrected chi connectivity index (χ1v) is 19.8. The highest BCUT2D eigenvalue weighted by atomic mass is 31.2. The minimum absolute atomic E-state index is 0.849. The van der Waals surface area contributed by atoms with E-state index in [2.05, 4.69) is 182 Å². The van der Waals surface area contributed by atoms with Gasteiger partial charge in [-0.2, -0.15) is 0 Å². The van der Waals surface area contributed by atoms with E-state index in [9.17, 15) is 0 Å². The van der Waals surface area contributed by atoms with Crippen LogP contribution < -0.4 is 47.7 Å². The number of benzene rings is 7. The van der Waals surface area contributed by atoms with Crippen LogP contribution in [0, 0.1) is 0 Å². The van der Waals surface area contributed by atoms with Crippen LogP contribution in [0.5, 0.6) is 0 Å². The molecule has 7 rings (SSSR count). The van der Waals surface area contributed by atoms with Crippen molar-refractivity contribution in [3.8, 4) is 0 Å². The summed E-state index contributed by atoms with van der Waals surface area (Å²) in [5.74, 6) is 0. The molecule has 0 radical (unpaired) electrons. The van der Waals surface area contributed by atoms with E-state index in [4.69, 9.17) is 0 Å². The van der Waals surface area contributed by atoms with E-state index in [0.29, 0.717) is 0 Å². The summed E-state index contributed by atoms with van der Waals surface area (Å²) in [7, 11) is -5.39. The van der Waals surface area contributed by atoms with E-state index >= 15 is 4.57 Å². The zero-order chi connectivity index (χ0) is 31.2. The fourth-order valence-electron chi connectivity index (χ4n) is 6.05. The number of rotatable bonds is 9. The van der Waals surface area contributed by atoms with Crippen LogP contribution in [-0.2, 0) is 4.57 Å². The van der Waals surface area contributed by atoms with Gasteiger partial charge in [0.2, 0.25) is 0 Å². The van der Waals surface area contributed by atoms with Crippen LogP contribution in [0.2, 0.25) is 0 Å². The first kappa shape index (κ1) is 30.3. The smallest absolute Gasteiger partial charge is 0.172 e. The van der Waals surface area contributed by atoms with Crippen molar-refractivity contribution in [3.05, 3.63) is 200 Å². The predicted molar refractivity (Wildman–Crippen MR) is 203 cm³/mol. The molecule has 46 heavy (non-hydrogen) atoms. The van der Waals surface area contributed by atoms with Gasteiger partial charge in [0.15, 0.2) is 7.14 Å². The van der Waals surface area contributed by atoms with Crippen LogP contribution in [0.4, 0.5) is 0 Å². The fourth-order valence-corrected chi connectivity index (χ4v) is 15.0. The quantitative estimate of drug-likeness (QED) is 0.157. The monoisotopic (exact) mass is 646 g/mol. The molecule has 0 amide bonds. The van der Waals surface area contributed by atoms with Crippen molar-refractivity contribution < 1.29 is 4.57 Å². The van der Waals surface area contributed by atoms with Gasteiger partial charge in [-0.25, -0.2) is 0 Å². The molecule has 0 aliphatic carbocycles. The lowest BCUT2D eigenvalue weighted by molar-refractivity contribution is 0.592. The zero-order valence-electron chi connectivity index (χ0n) is 25.3. The average molecular weight is 647 g/mol. The van der Waals surface area contributed by atoms with Gasteiger partial charge in [-0.3, -0.25) is 0 Å².